The Bertz CT molecular complexity index is 853. The van der Waals surface area contributed by atoms with E-state index in [-0.39, 0.29) is 6.54 Å². The topological polar surface area (TPSA) is 84.7 Å². The third-order valence-electron chi connectivity index (χ3n) is 3.13. The van der Waals surface area contributed by atoms with Crippen molar-refractivity contribution in [3.8, 4) is 5.82 Å². The zero-order chi connectivity index (χ0) is 16.9. The molecule has 7 nitrogen and oxygen atoms in total. The summed E-state index contributed by atoms with van der Waals surface area (Å²) in [5, 5.41) is 10.5. The van der Waals surface area contributed by atoms with E-state index in [9.17, 15) is 4.79 Å². The highest BCUT2D eigenvalue weighted by atomic mass is 35.5. The quantitative estimate of drug-likeness (QED) is 0.745. The second-order valence-electron chi connectivity index (χ2n) is 4.76. The van der Waals surface area contributed by atoms with E-state index in [1.165, 1.54) is 17.3 Å². The van der Waals surface area contributed by atoms with Gasteiger partial charge in [0, 0.05) is 22.8 Å². The number of pyridine rings is 1. The van der Waals surface area contributed by atoms with Crippen LogP contribution >= 0.6 is 23.2 Å². The summed E-state index contributed by atoms with van der Waals surface area (Å²) in [5.41, 5.74) is 1.27. The first-order chi connectivity index (χ1) is 11.6. The highest BCUT2D eigenvalue weighted by Crippen LogP contribution is 2.21. The highest BCUT2D eigenvalue weighted by molar-refractivity contribution is 6.35. The summed E-state index contributed by atoms with van der Waals surface area (Å²) in [6, 6.07) is 8.14. The van der Waals surface area contributed by atoms with Crippen LogP contribution in [0.5, 0.6) is 0 Å². The number of carbonyl (C=O) groups excluding carboxylic acids is 1. The fourth-order valence-electron chi connectivity index (χ4n) is 2.00. The summed E-state index contributed by atoms with van der Waals surface area (Å²) < 4.78 is 1.46. The van der Waals surface area contributed by atoms with Crippen molar-refractivity contribution in [2.75, 3.05) is 5.32 Å². The maximum absolute atomic E-state index is 12.1. The summed E-state index contributed by atoms with van der Waals surface area (Å²) >= 11 is 11.9. The van der Waals surface area contributed by atoms with Crippen LogP contribution in [0.2, 0.25) is 10.0 Å². The molecule has 0 spiro atoms. The number of aromatic nitrogens is 4. The Balaban J connectivity index is 1.67. The maximum Gasteiger partial charge on any atom is 0.319 e. The minimum absolute atomic E-state index is 0.265. The predicted molar refractivity (Wildman–Crippen MR) is 91.5 cm³/mol. The molecule has 2 amide bonds. The minimum atomic E-state index is -0.393. The summed E-state index contributed by atoms with van der Waals surface area (Å²) in [5.74, 6) is 0.467. The van der Waals surface area contributed by atoms with Gasteiger partial charge in [-0.15, -0.1) is 0 Å². The van der Waals surface area contributed by atoms with Gasteiger partial charge in [0.2, 0.25) is 0 Å². The molecule has 2 aromatic heterocycles. The number of hydrogen-bond acceptors (Lipinski definition) is 4. The van der Waals surface area contributed by atoms with Crippen molar-refractivity contribution < 1.29 is 4.79 Å². The van der Waals surface area contributed by atoms with Gasteiger partial charge in [0.15, 0.2) is 5.82 Å². The first-order valence-electron chi connectivity index (χ1n) is 6.92. The van der Waals surface area contributed by atoms with E-state index in [0.29, 0.717) is 21.6 Å². The third kappa shape index (κ3) is 3.81. The second kappa shape index (κ2) is 7.29. The van der Waals surface area contributed by atoms with Crippen molar-refractivity contribution in [1.29, 1.82) is 0 Å². The molecule has 0 unspecified atom stereocenters. The van der Waals surface area contributed by atoms with Gasteiger partial charge in [-0.1, -0.05) is 29.3 Å². The predicted octanol–water partition coefficient (Wildman–Crippen LogP) is 3.29. The number of hydrogen-bond donors (Lipinski definition) is 2. The van der Waals surface area contributed by atoms with Crippen LogP contribution in [0.3, 0.4) is 0 Å². The highest BCUT2D eigenvalue weighted by Gasteiger charge is 2.10. The van der Waals surface area contributed by atoms with Crippen molar-refractivity contribution in [2.24, 2.45) is 0 Å². The SMILES string of the molecule is O=C(NCc1ccc(Cl)cc1Cl)Nc1cccnc1-n1cncn1. The Morgan fingerprint density at radius 3 is 2.88 bits per heavy atom. The van der Waals surface area contributed by atoms with Crippen molar-refractivity contribution in [1.82, 2.24) is 25.1 Å². The van der Waals surface area contributed by atoms with Gasteiger partial charge in [0.1, 0.15) is 12.7 Å². The number of amides is 2. The molecule has 2 N–H and O–H groups in total. The molecule has 24 heavy (non-hydrogen) atoms. The van der Waals surface area contributed by atoms with Crippen molar-refractivity contribution in [3.05, 3.63) is 64.8 Å². The number of halogens is 2. The van der Waals surface area contributed by atoms with E-state index >= 15 is 0 Å². The molecular weight excluding hydrogens is 351 g/mol. The first kappa shape index (κ1) is 16.2. The van der Waals surface area contributed by atoms with Gasteiger partial charge in [-0.25, -0.2) is 19.4 Å². The van der Waals surface area contributed by atoms with E-state index in [2.05, 4.69) is 25.7 Å². The summed E-state index contributed by atoms with van der Waals surface area (Å²) in [4.78, 5) is 20.2. The van der Waals surface area contributed by atoms with Crippen LogP contribution in [0.1, 0.15) is 5.56 Å². The molecule has 0 fully saturated rings. The average Bonchev–Trinajstić information content (AvgIpc) is 3.09. The number of carbonyl (C=O) groups is 1. The second-order valence-corrected chi connectivity index (χ2v) is 5.60. The zero-order valence-electron chi connectivity index (χ0n) is 12.3. The smallest absolute Gasteiger partial charge is 0.319 e. The van der Waals surface area contributed by atoms with Crippen LogP contribution in [0.25, 0.3) is 5.82 Å². The maximum atomic E-state index is 12.1. The molecule has 0 saturated carbocycles. The standard InChI is InChI=1S/C15H12Cl2N6O/c16-11-4-3-10(12(17)6-11)7-20-15(24)22-13-2-1-5-19-14(13)23-9-18-8-21-23/h1-6,8-9H,7H2,(H2,20,22,24). The average molecular weight is 363 g/mol. The molecule has 9 heteroatoms. The lowest BCUT2D eigenvalue weighted by Gasteiger charge is -2.11. The van der Waals surface area contributed by atoms with Gasteiger partial charge < -0.3 is 10.6 Å². The van der Waals surface area contributed by atoms with E-state index in [1.54, 1.807) is 36.5 Å². The molecule has 0 aliphatic carbocycles. The molecule has 1 aromatic carbocycles. The molecule has 0 aliphatic rings. The van der Waals surface area contributed by atoms with Gasteiger partial charge in [0.05, 0.1) is 5.69 Å². The first-order valence-corrected chi connectivity index (χ1v) is 7.68. The summed E-state index contributed by atoms with van der Waals surface area (Å²) in [6.45, 7) is 0.265. The van der Waals surface area contributed by atoms with E-state index in [1.807, 2.05) is 0 Å². The zero-order valence-corrected chi connectivity index (χ0v) is 13.8. The number of nitrogens with one attached hydrogen (secondary N) is 2. The molecule has 3 aromatic rings. The molecule has 2 heterocycles. The van der Waals surface area contributed by atoms with Gasteiger partial charge in [-0.2, -0.15) is 5.10 Å². The van der Waals surface area contributed by atoms with Crippen LogP contribution < -0.4 is 10.6 Å². The number of benzene rings is 1. The monoisotopic (exact) mass is 362 g/mol. The van der Waals surface area contributed by atoms with Crippen molar-refractivity contribution in [3.63, 3.8) is 0 Å². The number of rotatable bonds is 4. The molecule has 0 bridgehead atoms. The number of nitrogens with zero attached hydrogens (tertiary/aromatic N) is 4. The van der Waals surface area contributed by atoms with Crippen molar-refractivity contribution >= 4 is 34.9 Å². The van der Waals surface area contributed by atoms with Crippen LogP contribution in [0, 0.1) is 0 Å². The third-order valence-corrected chi connectivity index (χ3v) is 3.71. The lowest BCUT2D eigenvalue weighted by atomic mass is 10.2. The minimum Gasteiger partial charge on any atom is -0.334 e. The van der Waals surface area contributed by atoms with Gasteiger partial charge in [0.25, 0.3) is 0 Å². The van der Waals surface area contributed by atoms with Gasteiger partial charge in [-0.3, -0.25) is 0 Å². The Morgan fingerprint density at radius 1 is 1.25 bits per heavy atom. The summed E-state index contributed by atoms with van der Waals surface area (Å²) in [6.07, 6.45) is 4.49. The molecule has 0 atom stereocenters. The largest absolute Gasteiger partial charge is 0.334 e. The lowest BCUT2D eigenvalue weighted by Crippen LogP contribution is -2.29. The molecule has 0 aliphatic heterocycles. The Morgan fingerprint density at radius 2 is 2.12 bits per heavy atom. The molecular formula is C15H12Cl2N6O. The number of anilines is 1. The van der Waals surface area contributed by atoms with Crippen molar-refractivity contribution in [2.45, 2.75) is 6.54 Å². The Kier molecular flexibility index (Phi) is 4.93. The molecule has 0 radical (unpaired) electrons. The van der Waals surface area contributed by atoms with Crippen LogP contribution in [0.15, 0.2) is 49.2 Å². The molecule has 122 valence electrons. The van der Waals surface area contributed by atoms with E-state index < -0.39 is 6.03 Å². The fourth-order valence-corrected chi connectivity index (χ4v) is 2.48. The van der Waals surface area contributed by atoms with E-state index in [0.717, 1.165) is 5.56 Å². The fraction of sp³-hybridized carbons (Fsp3) is 0.0667. The normalized spacial score (nSPS) is 10.4. The summed E-state index contributed by atoms with van der Waals surface area (Å²) in [7, 11) is 0. The van der Waals surface area contributed by atoms with Crippen LogP contribution in [-0.4, -0.2) is 25.8 Å². The van der Waals surface area contributed by atoms with Crippen LogP contribution in [0.4, 0.5) is 10.5 Å². The Labute approximate surface area is 147 Å². The number of urea groups is 1. The lowest BCUT2D eigenvalue weighted by molar-refractivity contribution is 0.251. The molecule has 3 rings (SSSR count). The van der Waals surface area contributed by atoms with Gasteiger partial charge in [-0.05, 0) is 29.8 Å². The van der Waals surface area contributed by atoms with Crippen LogP contribution in [-0.2, 0) is 6.54 Å². The molecule has 0 saturated heterocycles. The van der Waals surface area contributed by atoms with Gasteiger partial charge >= 0.3 is 6.03 Å². The van der Waals surface area contributed by atoms with E-state index in [4.69, 9.17) is 23.2 Å². The Hall–Kier alpha value is -2.64.